The zero-order chi connectivity index (χ0) is 14.1. The van der Waals surface area contributed by atoms with Crippen molar-refractivity contribution in [3.63, 3.8) is 0 Å². The molecule has 0 aliphatic rings. The molecular weight excluding hydrogens is 288 g/mol. The van der Waals surface area contributed by atoms with Gasteiger partial charge in [0, 0.05) is 12.5 Å². The SMILES string of the molecule is CC(C)c1nnsc1C(N)Cc1nc2ccccc2s1. The Morgan fingerprint density at radius 2 is 2.05 bits per heavy atom. The van der Waals surface area contributed by atoms with Gasteiger partial charge in [-0.2, -0.15) is 0 Å². The van der Waals surface area contributed by atoms with Crippen molar-refractivity contribution >= 4 is 33.1 Å². The van der Waals surface area contributed by atoms with Crippen LogP contribution in [0.25, 0.3) is 10.2 Å². The molecule has 0 spiro atoms. The zero-order valence-electron chi connectivity index (χ0n) is 11.4. The highest BCUT2D eigenvalue weighted by atomic mass is 32.1. The van der Waals surface area contributed by atoms with E-state index in [9.17, 15) is 0 Å². The predicted octanol–water partition coefficient (Wildman–Crippen LogP) is 3.51. The number of hydrogen-bond acceptors (Lipinski definition) is 6. The van der Waals surface area contributed by atoms with Gasteiger partial charge in [-0.15, -0.1) is 16.4 Å². The Balaban J connectivity index is 1.84. The predicted molar refractivity (Wildman–Crippen MR) is 84.3 cm³/mol. The summed E-state index contributed by atoms with van der Waals surface area (Å²) in [4.78, 5) is 5.72. The van der Waals surface area contributed by atoms with Gasteiger partial charge in [0.05, 0.1) is 25.8 Å². The van der Waals surface area contributed by atoms with E-state index >= 15 is 0 Å². The minimum atomic E-state index is -0.0760. The number of nitrogens with zero attached hydrogens (tertiary/aromatic N) is 3. The van der Waals surface area contributed by atoms with E-state index in [-0.39, 0.29) is 6.04 Å². The Hall–Kier alpha value is -1.37. The van der Waals surface area contributed by atoms with Gasteiger partial charge in [-0.3, -0.25) is 0 Å². The molecule has 3 aromatic rings. The molecule has 3 rings (SSSR count). The average Bonchev–Trinajstić information content (AvgIpc) is 3.04. The second kappa shape index (κ2) is 5.55. The Labute approximate surface area is 125 Å². The van der Waals surface area contributed by atoms with Crippen LogP contribution in [0.15, 0.2) is 24.3 Å². The maximum absolute atomic E-state index is 6.33. The molecule has 0 aliphatic heterocycles. The minimum Gasteiger partial charge on any atom is -0.323 e. The van der Waals surface area contributed by atoms with Crippen molar-refractivity contribution in [2.24, 2.45) is 5.73 Å². The monoisotopic (exact) mass is 304 g/mol. The third-order valence-electron chi connectivity index (χ3n) is 3.16. The fourth-order valence-electron chi connectivity index (χ4n) is 2.15. The first-order valence-electron chi connectivity index (χ1n) is 6.57. The maximum atomic E-state index is 6.33. The first-order chi connectivity index (χ1) is 9.65. The molecule has 2 N–H and O–H groups in total. The van der Waals surface area contributed by atoms with E-state index in [1.54, 1.807) is 11.3 Å². The molecule has 4 nitrogen and oxygen atoms in total. The fraction of sp³-hybridized carbons (Fsp3) is 0.357. The van der Waals surface area contributed by atoms with Gasteiger partial charge >= 0.3 is 0 Å². The number of hydrogen-bond donors (Lipinski definition) is 1. The molecule has 0 bridgehead atoms. The molecule has 1 unspecified atom stereocenters. The van der Waals surface area contributed by atoms with E-state index in [1.165, 1.54) is 16.2 Å². The highest BCUT2D eigenvalue weighted by Crippen LogP contribution is 2.29. The van der Waals surface area contributed by atoms with Crippen LogP contribution in [0.1, 0.15) is 41.4 Å². The molecule has 104 valence electrons. The molecule has 20 heavy (non-hydrogen) atoms. The number of rotatable bonds is 4. The van der Waals surface area contributed by atoms with Crippen LogP contribution in [-0.4, -0.2) is 14.6 Å². The Kier molecular flexibility index (Phi) is 3.78. The van der Waals surface area contributed by atoms with E-state index in [0.717, 1.165) is 27.5 Å². The Morgan fingerprint density at radius 1 is 1.25 bits per heavy atom. The first-order valence-corrected chi connectivity index (χ1v) is 8.16. The number of benzene rings is 1. The average molecular weight is 304 g/mol. The van der Waals surface area contributed by atoms with Crippen LogP contribution >= 0.6 is 22.9 Å². The van der Waals surface area contributed by atoms with E-state index < -0.39 is 0 Å². The number of nitrogens with two attached hydrogens (primary N) is 1. The number of aromatic nitrogens is 3. The summed E-state index contributed by atoms with van der Waals surface area (Å²) in [5, 5.41) is 5.26. The Morgan fingerprint density at radius 3 is 2.80 bits per heavy atom. The summed E-state index contributed by atoms with van der Waals surface area (Å²) in [7, 11) is 0. The van der Waals surface area contributed by atoms with Crippen molar-refractivity contribution in [1.29, 1.82) is 0 Å². The van der Waals surface area contributed by atoms with E-state index in [2.05, 4.69) is 34.5 Å². The molecule has 0 saturated heterocycles. The fourth-order valence-corrected chi connectivity index (χ4v) is 3.98. The van der Waals surface area contributed by atoms with Crippen LogP contribution in [0.3, 0.4) is 0 Å². The van der Waals surface area contributed by atoms with Gasteiger partial charge in [0.25, 0.3) is 0 Å². The van der Waals surface area contributed by atoms with Gasteiger partial charge in [0.15, 0.2) is 0 Å². The Bertz CT molecular complexity index is 684. The van der Waals surface area contributed by atoms with Crippen molar-refractivity contribution in [3.05, 3.63) is 39.8 Å². The van der Waals surface area contributed by atoms with Crippen LogP contribution in [0, 0.1) is 0 Å². The number of fused-ring (bicyclic) bond motifs is 1. The van der Waals surface area contributed by atoms with Crippen molar-refractivity contribution < 1.29 is 0 Å². The van der Waals surface area contributed by atoms with Gasteiger partial charge in [0.2, 0.25) is 0 Å². The maximum Gasteiger partial charge on any atom is 0.0957 e. The van der Waals surface area contributed by atoms with E-state index in [4.69, 9.17) is 5.73 Å². The van der Waals surface area contributed by atoms with Crippen molar-refractivity contribution in [2.45, 2.75) is 32.2 Å². The molecule has 0 aliphatic carbocycles. The molecule has 0 fully saturated rings. The zero-order valence-corrected chi connectivity index (χ0v) is 13.0. The quantitative estimate of drug-likeness (QED) is 0.801. The van der Waals surface area contributed by atoms with E-state index in [0.29, 0.717) is 5.92 Å². The third-order valence-corrected chi connectivity index (χ3v) is 5.09. The molecule has 2 aromatic heterocycles. The van der Waals surface area contributed by atoms with Crippen LogP contribution in [0.5, 0.6) is 0 Å². The van der Waals surface area contributed by atoms with Crippen LogP contribution in [0.2, 0.25) is 0 Å². The van der Waals surface area contributed by atoms with Gasteiger partial charge in [-0.25, -0.2) is 4.98 Å². The third kappa shape index (κ3) is 2.59. The summed E-state index contributed by atoms with van der Waals surface area (Å²) < 4.78 is 5.25. The van der Waals surface area contributed by atoms with Gasteiger partial charge in [0.1, 0.15) is 0 Å². The number of thiazole rings is 1. The molecule has 6 heteroatoms. The lowest BCUT2D eigenvalue weighted by Crippen LogP contribution is -2.14. The van der Waals surface area contributed by atoms with Gasteiger partial charge < -0.3 is 5.73 Å². The summed E-state index contributed by atoms with van der Waals surface area (Å²) >= 11 is 3.11. The second-order valence-electron chi connectivity index (χ2n) is 5.06. The molecule has 1 atom stereocenters. The standard InChI is InChI=1S/C14H16N4S2/c1-8(2)13-14(20-18-17-13)9(15)7-12-16-10-5-3-4-6-11(10)19-12/h3-6,8-9H,7,15H2,1-2H3. The molecule has 1 aromatic carbocycles. The lowest BCUT2D eigenvalue weighted by Gasteiger charge is -2.10. The largest absolute Gasteiger partial charge is 0.323 e. The van der Waals surface area contributed by atoms with Crippen molar-refractivity contribution in [2.75, 3.05) is 0 Å². The van der Waals surface area contributed by atoms with Gasteiger partial charge in [-0.1, -0.05) is 30.5 Å². The molecule has 0 saturated carbocycles. The summed E-state index contributed by atoms with van der Waals surface area (Å²) in [5.41, 5.74) is 8.39. The lowest BCUT2D eigenvalue weighted by molar-refractivity contribution is 0.699. The van der Waals surface area contributed by atoms with Crippen molar-refractivity contribution in [3.8, 4) is 0 Å². The molecule has 2 heterocycles. The summed E-state index contributed by atoms with van der Waals surface area (Å²) in [5.74, 6) is 0.352. The summed E-state index contributed by atoms with van der Waals surface area (Å²) in [6.07, 6.45) is 0.739. The van der Waals surface area contributed by atoms with Crippen LogP contribution in [0.4, 0.5) is 0 Å². The topological polar surface area (TPSA) is 64.7 Å². The second-order valence-corrected chi connectivity index (χ2v) is 6.96. The van der Waals surface area contributed by atoms with Crippen molar-refractivity contribution in [1.82, 2.24) is 14.6 Å². The lowest BCUT2D eigenvalue weighted by atomic mass is 10.1. The summed E-state index contributed by atoms with van der Waals surface area (Å²) in [6, 6.07) is 8.10. The highest BCUT2D eigenvalue weighted by Gasteiger charge is 2.19. The minimum absolute atomic E-state index is 0.0760. The van der Waals surface area contributed by atoms with E-state index in [1.807, 2.05) is 18.2 Å². The smallest absolute Gasteiger partial charge is 0.0957 e. The number of para-hydroxylation sites is 1. The molecular formula is C14H16N4S2. The van der Waals surface area contributed by atoms with Crippen LogP contribution < -0.4 is 5.73 Å². The van der Waals surface area contributed by atoms with Crippen LogP contribution in [-0.2, 0) is 6.42 Å². The summed E-state index contributed by atoms with van der Waals surface area (Å²) in [6.45, 7) is 4.23. The molecule has 0 radical (unpaired) electrons. The van der Waals surface area contributed by atoms with Gasteiger partial charge in [-0.05, 0) is 29.6 Å². The molecule has 0 amide bonds. The normalized spacial score (nSPS) is 13.2. The first kappa shape index (κ1) is 13.6. The highest BCUT2D eigenvalue weighted by molar-refractivity contribution is 7.18.